The van der Waals surface area contributed by atoms with Crippen molar-refractivity contribution in [3.63, 3.8) is 0 Å². The number of aliphatic hydroxyl groups is 2. The van der Waals surface area contributed by atoms with Gasteiger partial charge >= 0.3 is 0 Å². The molecular formula is C26H29N3O2. The van der Waals surface area contributed by atoms with E-state index in [0.717, 1.165) is 54.3 Å². The average molecular weight is 416 g/mol. The minimum absolute atomic E-state index is 0.0572. The minimum atomic E-state index is -0.608. The first-order valence-corrected chi connectivity index (χ1v) is 11.2. The van der Waals surface area contributed by atoms with Crippen molar-refractivity contribution in [3.8, 4) is 11.4 Å². The fourth-order valence-electron chi connectivity index (χ4n) is 5.11. The number of aryl methyl sites for hydroxylation is 1. The van der Waals surface area contributed by atoms with E-state index in [-0.39, 0.29) is 6.61 Å². The Labute approximate surface area is 183 Å². The molecule has 2 aliphatic rings. The lowest BCUT2D eigenvalue weighted by molar-refractivity contribution is -0.0293. The van der Waals surface area contributed by atoms with Crippen molar-refractivity contribution < 1.29 is 10.2 Å². The van der Waals surface area contributed by atoms with Crippen LogP contribution < -0.4 is 4.90 Å². The zero-order chi connectivity index (χ0) is 21.3. The van der Waals surface area contributed by atoms with Crippen LogP contribution in [0.15, 0.2) is 60.7 Å². The first-order valence-electron chi connectivity index (χ1n) is 11.2. The molecule has 5 heteroatoms. The van der Waals surface area contributed by atoms with Gasteiger partial charge in [0.15, 0.2) is 5.82 Å². The molecule has 1 aromatic heterocycles. The third kappa shape index (κ3) is 3.84. The van der Waals surface area contributed by atoms with E-state index < -0.39 is 11.5 Å². The van der Waals surface area contributed by atoms with Crippen molar-refractivity contribution in [1.82, 2.24) is 9.97 Å². The summed E-state index contributed by atoms with van der Waals surface area (Å²) in [6, 6.07) is 20.3. The van der Waals surface area contributed by atoms with Gasteiger partial charge in [0.2, 0.25) is 0 Å². The summed E-state index contributed by atoms with van der Waals surface area (Å²) in [5.74, 6) is 1.75. The highest BCUT2D eigenvalue weighted by molar-refractivity contribution is 5.61. The van der Waals surface area contributed by atoms with Crippen LogP contribution in [0.1, 0.15) is 29.7 Å². The molecule has 3 aromatic rings. The van der Waals surface area contributed by atoms with E-state index >= 15 is 0 Å². The fourth-order valence-corrected chi connectivity index (χ4v) is 5.11. The molecule has 1 fully saturated rings. The minimum Gasteiger partial charge on any atom is -0.396 e. The van der Waals surface area contributed by atoms with E-state index in [1.54, 1.807) is 0 Å². The highest BCUT2D eigenvalue weighted by Gasteiger charge is 2.43. The molecule has 5 rings (SSSR count). The van der Waals surface area contributed by atoms with Crippen LogP contribution in [-0.2, 0) is 19.3 Å². The molecular weight excluding hydrogens is 386 g/mol. The van der Waals surface area contributed by atoms with E-state index in [9.17, 15) is 10.2 Å². The number of hydrogen-bond donors (Lipinski definition) is 2. The van der Waals surface area contributed by atoms with Crippen LogP contribution in [0.3, 0.4) is 0 Å². The Bertz CT molecular complexity index is 1040. The van der Waals surface area contributed by atoms with Gasteiger partial charge in [-0.1, -0.05) is 60.7 Å². The summed E-state index contributed by atoms with van der Waals surface area (Å²) in [7, 11) is 0. The summed E-state index contributed by atoms with van der Waals surface area (Å²) in [5.41, 5.74) is 3.93. The Balaban J connectivity index is 1.52. The van der Waals surface area contributed by atoms with Crippen LogP contribution in [0.25, 0.3) is 11.4 Å². The summed E-state index contributed by atoms with van der Waals surface area (Å²) in [5, 5.41) is 21.4. The van der Waals surface area contributed by atoms with Crippen LogP contribution in [-0.4, -0.2) is 46.0 Å². The number of benzene rings is 2. The molecule has 2 atom stereocenters. The van der Waals surface area contributed by atoms with E-state index in [1.165, 1.54) is 5.56 Å². The normalized spacial score (nSPS) is 23.0. The first kappa shape index (κ1) is 20.2. The number of piperidine rings is 1. The Morgan fingerprint density at radius 2 is 1.71 bits per heavy atom. The molecule has 5 nitrogen and oxygen atoms in total. The molecule has 0 unspecified atom stereocenters. The van der Waals surface area contributed by atoms with Crippen molar-refractivity contribution in [1.29, 1.82) is 0 Å². The van der Waals surface area contributed by atoms with Crippen molar-refractivity contribution in [2.45, 2.75) is 38.2 Å². The Morgan fingerprint density at radius 3 is 2.45 bits per heavy atom. The van der Waals surface area contributed by atoms with Crippen LogP contribution >= 0.6 is 0 Å². The molecule has 1 aliphatic carbocycles. The third-order valence-corrected chi connectivity index (χ3v) is 6.84. The fraction of sp³-hybridized carbons (Fsp3) is 0.385. The number of rotatable bonds is 5. The van der Waals surface area contributed by atoms with Crippen LogP contribution in [0.4, 0.5) is 5.82 Å². The number of fused-ring (bicyclic) bond motifs is 1. The molecule has 31 heavy (non-hydrogen) atoms. The Kier molecular flexibility index (Phi) is 5.47. The van der Waals surface area contributed by atoms with E-state index in [0.29, 0.717) is 19.4 Å². The predicted molar refractivity (Wildman–Crippen MR) is 122 cm³/mol. The third-order valence-electron chi connectivity index (χ3n) is 6.84. The zero-order valence-corrected chi connectivity index (χ0v) is 17.7. The molecule has 1 aliphatic heterocycles. The second kappa shape index (κ2) is 8.40. The highest BCUT2D eigenvalue weighted by atomic mass is 16.3. The van der Waals surface area contributed by atoms with Gasteiger partial charge in [0.05, 0.1) is 12.7 Å². The molecule has 2 heterocycles. The maximum Gasteiger partial charge on any atom is 0.161 e. The number of nitrogens with zero attached hydrogens (tertiary/aromatic N) is 3. The SMILES string of the molecule is OC[C@@]1(Cc2ccccc2)CN(c2nc(-c3ccccc3)nc3c2CCC3)CC[C@@H]1O. The molecule has 0 spiro atoms. The van der Waals surface area contributed by atoms with E-state index in [2.05, 4.69) is 17.0 Å². The van der Waals surface area contributed by atoms with Gasteiger partial charge in [0.1, 0.15) is 5.82 Å². The summed E-state index contributed by atoms with van der Waals surface area (Å²) in [4.78, 5) is 12.2. The van der Waals surface area contributed by atoms with E-state index in [1.807, 2.05) is 48.5 Å². The number of aliphatic hydroxyl groups excluding tert-OH is 2. The van der Waals surface area contributed by atoms with Gasteiger partial charge in [-0.25, -0.2) is 9.97 Å². The predicted octanol–water partition coefficient (Wildman–Crippen LogP) is 3.42. The molecule has 0 bridgehead atoms. The van der Waals surface area contributed by atoms with Gasteiger partial charge < -0.3 is 15.1 Å². The average Bonchev–Trinajstić information content (AvgIpc) is 3.30. The van der Waals surface area contributed by atoms with Gasteiger partial charge in [-0.15, -0.1) is 0 Å². The first-order chi connectivity index (χ1) is 15.2. The molecule has 2 aromatic carbocycles. The van der Waals surface area contributed by atoms with Gasteiger partial charge in [0.25, 0.3) is 0 Å². The van der Waals surface area contributed by atoms with Crippen LogP contribution in [0.2, 0.25) is 0 Å². The molecule has 0 amide bonds. The van der Waals surface area contributed by atoms with Crippen LogP contribution in [0, 0.1) is 5.41 Å². The van der Waals surface area contributed by atoms with Crippen molar-refractivity contribution >= 4 is 5.82 Å². The molecule has 0 radical (unpaired) electrons. The zero-order valence-electron chi connectivity index (χ0n) is 17.7. The topological polar surface area (TPSA) is 69.5 Å². The highest BCUT2D eigenvalue weighted by Crippen LogP contribution is 2.39. The summed E-state index contributed by atoms with van der Waals surface area (Å²) >= 11 is 0. The molecule has 2 N–H and O–H groups in total. The number of aromatic nitrogens is 2. The largest absolute Gasteiger partial charge is 0.396 e. The molecule has 160 valence electrons. The lowest BCUT2D eigenvalue weighted by Gasteiger charge is -2.46. The summed E-state index contributed by atoms with van der Waals surface area (Å²) in [6.45, 7) is 1.25. The lowest BCUT2D eigenvalue weighted by atomic mass is 9.73. The quantitative estimate of drug-likeness (QED) is 0.668. The Hall–Kier alpha value is -2.76. The monoisotopic (exact) mass is 415 g/mol. The smallest absolute Gasteiger partial charge is 0.161 e. The maximum atomic E-state index is 11.0. The van der Waals surface area contributed by atoms with E-state index in [4.69, 9.17) is 9.97 Å². The second-order valence-electron chi connectivity index (χ2n) is 8.92. The molecule has 0 saturated carbocycles. The standard InChI is InChI=1S/C26H29N3O2/c30-18-26(16-19-8-3-1-4-9-19)17-29(15-14-23(26)31)25-21-12-7-13-22(21)27-24(28-25)20-10-5-2-6-11-20/h1-6,8-11,23,30-31H,7,12-18H2/t23-,26+/m0/s1. The number of anilines is 1. The van der Waals surface area contributed by atoms with Crippen molar-refractivity contribution in [2.75, 3.05) is 24.6 Å². The Morgan fingerprint density at radius 1 is 0.968 bits per heavy atom. The van der Waals surface area contributed by atoms with Crippen molar-refractivity contribution in [2.24, 2.45) is 5.41 Å². The summed E-state index contributed by atoms with van der Waals surface area (Å²) < 4.78 is 0. The maximum absolute atomic E-state index is 11.0. The number of hydrogen-bond acceptors (Lipinski definition) is 5. The van der Waals surface area contributed by atoms with Gasteiger partial charge in [-0.2, -0.15) is 0 Å². The lowest BCUT2D eigenvalue weighted by Crippen LogP contribution is -2.55. The summed E-state index contributed by atoms with van der Waals surface area (Å²) in [6.07, 6.45) is 3.78. The molecule has 1 saturated heterocycles. The van der Waals surface area contributed by atoms with Gasteiger partial charge in [0, 0.05) is 35.3 Å². The second-order valence-corrected chi connectivity index (χ2v) is 8.92. The van der Waals surface area contributed by atoms with Gasteiger partial charge in [-0.05, 0) is 37.7 Å². The van der Waals surface area contributed by atoms with Crippen LogP contribution in [0.5, 0.6) is 0 Å². The van der Waals surface area contributed by atoms with Crippen molar-refractivity contribution in [3.05, 3.63) is 77.5 Å². The van der Waals surface area contributed by atoms with Gasteiger partial charge in [-0.3, -0.25) is 0 Å².